The van der Waals surface area contributed by atoms with Gasteiger partial charge in [0.25, 0.3) is 0 Å². The van der Waals surface area contributed by atoms with E-state index in [2.05, 4.69) is 10.3 Å². The van der Waals surface area contributed by atoms with E-state index in [0.29, 0.717) is 5.56 Å². The fourth-order valence-electron chi connectivity index (χ4n) is 1.75. The molecule has 0 aliphatic carbocycles. The third-order valence-corrected chi connectivity index (χ3v) is 3.21. The maximum Gasteiger partial charge on any atom is 0.323 e. The highest BCUT2D eigenvalue weighted by Crippen LogP contribution is 2.15. The predicted octanol–water partition coefficient (Wildman–Crippen LogP) is 2.90. The first kappa shape index (κ1) is 20.9. The number of nitrogens with two attached hydrogens (primary N) is 1. The van der Waals surface area contributed by atoms with Crippen molar-refractivity contribution >= 4 is 34.9 Å². The maximum absolute atomic E-state index is 13.6. The van der Waals surface area contributed by atoms with Crippen LogP contribution < -0.4 is 11.1 Å². The van der Waals surface area contributed by atoms with E-state index in [1.54, 1.807) is 0 Å². The number of nitrogens with one attached hydrogen (secondary N) is 1. The number of methoxy groups -OCH3 is 1. The minimum atomic E-state index is -0.486. The van der Waals surface area contributed by atoms with Crippen LogP contribution in [0.5, 0.6) is 0 Å². The van der Waals surface area contributed by atoms with Gasteiger partial charge in [0.05, 0.1) is 30.5 Å². The molecule has 0 saturated carbocycles. The molecule has 0 aliphatic heterocycles. The molecule has 0 fully saturated rings. The first-order valence-electron chi connectivity index (χ1n) is 6.73. The molecule has 2 atom stereocenters. The average molecular weight is 354 g/mol. The summed E-state index contributed by atoms with van der Waals surface area (Å²) in [5, 5.41) is 3.19. The van der Waals surface area contributed by atoms with Gasteiger partial charge in [0.2, 0.25) is 0 Å². The molecular weight excluding hydrogens is 332 g/mol. The van der Waals surface area contributed by atoms with E-state index >= 15 is 0 Å². The monoisotopic (exact) mass is 353 g/mol. The van der Waals surface area contributed by atoms with Crippen LogP contribution >= 0.6 is 23.2 Å². The van der Waals surface area contributed by atoms with E-state index in [4.69, 9.17) is 33.7 Å². The van der Waals surface area contributed by atoms with Crippen molar-refractivity contribution in [3.63, 3.8) is 0 Å². The number of aromatic nitrogens is 1. The lowest BCUT2D eigenvalue weighted by Crippen LogP contribution is -2.42. The molecule has 1 heterocycles. The van der Waals surface area contributed by atoms with Crippen molar-refractivity contribution in [2.24, 2.45) is 5.92 Å². The van der Waals surface area contributed by atoms with Gasteiger partial charge in [0, 0.05) is 12.1 Å². The first-order valence-corrected chi connectivity index (χ1v) is 7.80. The number of nitrogens with zero attached hydrogens (tertiary/aromatic N) is 1. The Hall–Kier alpha value is -1.11. The van der Waals surface area contributed by atoms with Crippen molar-refractivity contribution in [1.29, 1.82) is 0 Å². The molecule has 0 spiro atoms. The van der Waals surface area contributed by atoms with Crippen molar-refractivity contribution in [3.05, 3.63) is 23.8 Å². The lowest BCUT2D eigenvalue weighted by atomic mass is 9.99. The maximum atomic E-state index is 13.6. The topological polar surface area (TPSA) is 77.2 Å². The quantitative estimate of drug-likeness (QED) is 0.607. The standard InChI is InChI=1S/C13H20FN3O2.CH2Cl2/c1-4-8(2)12(13(18)19-3)17-5-9-10(14)6-16-7-11(9)15;2-1-3/h6-8,12,17H,4-5,15H2,1-3H3;1H2. The fourth-order valence-corrected chi connectivity index (χ4v) is 1.75. The number of carbonyl (C=O) groups is 1. The van der Waals surface area contributed by atoms with Crippen molar-refractivity contribution < 1.29 is 13.9 Å². The number of anilines is 1. The summed E-state index contributed by atoms with van der Waals surface area (Å²) in [4.78, 5) is 15.3. The molecule has 0 amide bonds. The van der Waals surface area contributed by atoms with E-state index in [9.17, 15) is 9.18 Å². The molecule has 0 bridgehead atoms. The molecule has 0 aliphatic rings. The molecule has 0 saturated heterocycles. The number of ether oxygens (including phenoxy) is 1. The first-order chi connectivity index (χ1) is 10.4. The van der Waals surface area contributed by atoms with Gasteiger partial charge in [-0.15, -0.1) is 23.2 Å². The third kappa shape index (κ3) is 6.77. The summed E-state index contributed by atoms with van der Waals surface area (Å²) in [5.74, 6) is -0.763. The second kappa shape index (κ2) is 11.5. The Kier molecular flexibility index (Phi) is 10.9. The summed E-state index contributed by atoms with van der Waals surface area (Å²) in [6.45, 7) is 4.06. The van der Waals surface area contributed by atoms with Crippen molar-refractivity contribution in [3.8, 4) is 0 Å². The van der Waals surface area contributed by atoms with Gasteiger partial charge in [-0.3, -0.25) is 15.1 Å². The largest absolute Gasteiger partial charge is 0.468 e. The Morgan fingerprint density at radius 1 is 1.50 bits per heavy atom. The molecule has 2 unspecified atom stereocenters. The molecule has 22 heavy (non-hydrogen) atoms. The molecule has 5 nitrogen and oxygen atoms in total. The zero-order valence-electron chi connectivity index (χ0n) is 12.9. The number of esters is 1. The Morgan fingerprint density at radius 3 is 2.55 bits per heavy atom. The summed E-state index contributed by atoms with van der Waals surface area (Å²) < 4.78 is 18.3. The van der Waals surface area contributed by atoms with Gasteiger partial charge in [-0.2, -0.15) is 0 Å². The minimum absolute atomic E-state index is 0.0820. The van der Waals surface area contributed by atoms with Gasteiger partial charge in [-0.1, -0.05) is 20.3 Å². The van der Waals surface area contributed by atoms with Crippen LogP contribution in [0.4, 0.5) is 10.1 Å². The summed E-state index contributed by atoms with van der Waals surface area (Å²) >= 11 is 9.53. The van der Waals surface area contributed by atoms with Gasteiger partial charge < -0.3 is 10.5 Å². The summed E-state index contributed by atoms with van der Waals surface area (Å²) in [5.41, 5.74) is 6.24. The zero-order chi connectivity index (χ0) is 17.1. The SMILES string of the molecule is CCC(C)C(NCc1c(N)cncc1F)C(=O)OC.ClCCl. The van der Waals surface area contributed by atoms with Crippen molar-refractivity contribution in [2.75, 3.05) is 18.2 Å². The van der Waals surface area contributed by atoms with Gasteiger partial charge in [0.15, 0.2) is 0 Å². The second-order valence-electron chi connectivity index (χ2n) is 4.56. The molecule has 1 rings (SSSR count). The van der Waals surface area contributed by atoms with Crippen LogP contribution in [-0.2, 0) is 16.1 Å². The summed E-state index contributed by atoms with van der Waals surface area (Å²) in [6, 6.07) is -0.484. The summed E-state index contributed by atoms with van der Waals surface area (Å²) in [7, 11) is 1.33. The van der Waals surface area contributed by atoms with E-state index in [1.165, 1.54) is 13.3 Å². The van der Waals surface area contributed by atoms with Crippen molar-refractivity contribution in [1.82, 2.24) is 10.3 Å². The van der Waals surface area contributed by atoms with Gasteiger partial charge in [-0.05, 0) is 5.92 Å². The van der Waals surface area contributed by atoms with Crippen LogP contribution in [0, 0.1) is 11.7 Å². The van der Waals surface area contributed by atoms with Gasteiger partial charge in [0.1, 0.15) is 11.9 Å². The highest BCUT2D eigenvalue weighted by molar-refractivity contribution is 6.40. The van der Waals surface area contributed by atoms with Crippen molar-refractivity contribution in [2.45, 2.75) is 32.9 Å². The van der Waals surface area contributed by atoms with Crippen LogP contribution in [-0.4, -0.2) is 29.4 Å². The fraction of sp³-hybridized carbons (Fsp3) is 0.571. The molecule has 1 aromatic rings. The van der Waals surface area contributed by atoms with E-state index in [1.807, 2.05) is 13.8 Å². The van der Waals surface area contributed by atoms with E-state index < -0.39 is 11.9 Å². The number of pyridine rings is 1. The second-order valence-corrected chi connectivity index (χ2v) is 5.37. The zero-order valence-corrected chi connectivity index (χ0v) is 14.4. The Balaban J connectivity index is 0.00000135. The Labute approximate surface area is 140 Å². The molecule has 0 aromatic carbocycles. The highest BCUT2D eigenvalue weighted by atomic mass is 35.5. The highest BCUT2D eigenvalue weighted by Gasteiger charge is 2.24. The molecule has 0 radical (unpaired) electrons. The van der Waals surface area contributed by atoms with Gasteiger partial charge >= 0.3 is 5.97 Å². The average Bonchev–Trinajstić information content (AvgIpc) is 2.50. The molecular formula is C14H22Cl2FN3O2. The lowest BCUT2D eigenvalue weighted by Gasteiger charge is -2.22. The molecule has 8 heteroatoms. The number of nitrogen functional groups attached to an aromatic ring is 1. The minimum Gasteiger partial charge on any atom is -0.468 e. The van der Waals surface area contributed by atoms with Crippen LogP contribution in [0.25, 0.3) is 0 Å². The van der Waals surface area contributed by atoms with Crippen LogP contribution in [0.2, 0.25) is 0 Å². The number of hydrogen-bond donors (Lipinski definition) is 2. The normalized spacial score (nSPS) is 12.8. The number of halogens is 3. The van der Waals surface area contributed by atoms with E-state index in [-0.39, 0.29) is 29.5 Å². The number of hydrogen-bond acceptors (Lipinski definition) is 5. The smallest absolute Gasteiger partial charge is 0.323 e. The number of rotatable bonds is 6. The van der Waals surface area contributed by atoms with Crippen LogP contribution in [0.15, 0.2) is 12.4 Å². The third-order valence-electron chi connectivity index (χ3n) is 3.21. The number of carbonyl (C=O) groups excluding carboxylic acids is 1. The van der Waals surface area contributed by atoms with Crippen LogP contribution in [0.1, 0.15) is 25.8 Å². The Morgan fingerprint density at radius 2 is 2.09 bits per heavy atom. The summed E-state index contributed by atoms with van der Waals surface area (Å²) in [6.07, 6.45) is 3.29. The van der Waals surface area contributed by atoms with Gasteiger partial charge in [-0.25, -0.2) is 4.39 Å². The predicted molar refractivity (Wildman–Crippen MR) is 87.3 cm³/mol. The molecule has 3 N–H and O–H groups in total. The Bertz CT molecular complexity index is 443. The van der Waals surface area contributed by atoms with E-state index in [0.717, 1.165) is 12.6 Å². The molecule has 126 valence electrons. The number of alkyl halides is 2. The molecule has 1 aromatic heterocycles. The lowest BCUT2D eigenvalue weighted by molar-refractivity contribution is -0.144. The van der Waals surface area contributed by atoms with Crippen LogP contribution in [0.3, 0.4) is 0 Å².